The first-order valence-corrected chi connectivity index (χ1v) is 5.97. The molecule has 1 aromatic carbocycles. The maximum atomic E-state index is 9.05. The molecular weight excluding hydrogens is 262 g/mol. The number of rotatable bonds is 4. The summed E-state index contributed by atoms with van der Waals surface area (Å²) in [6.07, 6.45) is 1.68. The summed E-state index contributed by atoms with van der Waals surface area (Å²) in [4.78, 5) is 0. The quantitative estimate of drug-likeness (QED) is 0.866. The largest absolute Gasteiger partial charge is 0.439 e. The van der Waals surface area contributed by atoms with Crippen molar-refractivity contribution < 1.29 is 4.74 Å². The summed E-state index contributed by atoms with van der Waals surface area (Å²) >= 11 is 5.81. The van der Waals surface area contributed by atoms with E-state index in [1.54, 1.807) is 41.0 Å². The summed E-state index contributed by atoms with van der Waals surface area (Å²) in [5.41, 5.74) is 6.71. The Kier molecular flexibility index (Phi) is 3.79. The number of hydrogen-bond acceptors (Lipinski definition) is 3. The van der Waals surface area contributed by atoms with Crippen LogP contribution in [-0.2, 0) is 6.54 Å². The molecule has 0 saturated carbocycles. The van der Waals surface area contributed by atoms with Crippen LogP contribution in [0.4, 0.5) is 5.69 Å². The van der Waals surface area contributed by atoms with Gasteiger partial charge in [-0.05, 0) is 24.3 Å². The molecular formula is C14H12ClN3O. The molecule has 0 spiro atoms. The van der Waals surface area contributed by atoms with Crippen LogP contribution in [0.3, 0.4) is 0 Å². The first kappa shape index (κ1) is 13.1. The lowest BCUT2D eigenvalue weighted by atomic mass is 10.3. The van der Waals surface area contributed by atoms with Crippen LogP contribution in [0, 0.1) is 11.3 Å². The molecule has 4 nitrogen and oxygen atoms in total. The van der Waals surface area contributed by atoms with Gasteiger partial charge in [0.15, 0.2) is 0 Å². The van der Waals surface area contributed by atoms with E-state index in [0.717, 1.165) is 0 Å². The van der Waals surface area contributed by atoms with Crippen molar-refractivity contribution >= 4 is 17.3 Å². The van der Waals surface area contributed by atoms with Gasteiger partial charge in [-0.1, -0.05) is 17.7 Å². The highest BCUT2D eigenvalue weighted by atomic mass is 35.5. The fourth-order valence-corrected chi connectivity index (χ4v) is 1.81. The highest BCUT2D eigenvalue weighted by Crippen LogP contribution is 2.31. The van der Waals surface area contributed by atoms with Crippen LogP contribution in [0.15, 0.2) is 43.0 Å². The van der Waals surface area contributed by atoms with Crippen LogP contribution in [0.2, 0.25) is 5.02 Å². The molecule has 0 saturated heterocycles. The lowest BCUT2D eigenvalue weighted by Crippen LogP contribution is -2.02. The third kappa shape index (κ3) is 2.72. The van der Waals surface area contributed by atoms with E-state index in [-0.39, 0.29) is 0 Å². The molecule has 0 radical (unpaired) electrons. The molecule has 5 heteroatoms. The van der Waals surface area contributed by atoms with Gasteiger partial charge in [0.05, 0.1) is 5.69 Å². The highest BCUT2D eigenvalue weighted by Gasteiger charge is 2.14. The molecule has 2 N–H and O–H groups in total. The number of nitriles is 1. The second kappa shape index (κ2) is 5.51. The Morgan fingerprint density at radius 2 is 2.11 bits per heavy atom. The van der Waals surface area contributed by atoms with Crippen molar-refractivity contribution in [3.8, 4) is 17.7 Å². The van der Waals surface area contributed by atoms with Crippen LogP contribution in [0.5, 0.6) is 11.6 Å². The van der Waals surface area contributed by atoms with Gasteiger partial charge in [-0.2, -0.15) is 5.26 Å². The van der Waals surface area contributed by atoms with Gasteiger partial charge in [0.2, 0.25) is 5.88 Å². The first-order valence-electron chi connectivity index (χ1n) is 5.59. The molecule has 2 rings (SSSR count). The van der Waals surface area contributed by atoms with Gasteiger partial charge in [0, 0.05) is 17.6 Å². The van der Waals surface area contributed by atoms with E-state index in [0.29, 0.717) is 34.6 Å². The Morgan fingerprint density at radius 1 is 1.42 bits per heavy atom. The Morgan fingerprint density at radius 3 is 2.68 bits per heavy atom. The standard InChI is InChI=1S/C14H12ClN3O/c1-2-7-18-11(9-16)8-13(17)14(18)19-12-5-3-10(15)4-6-12/h2-6,8H,1,7,17H2. The van der Waals surface area contributed by atoms with E-state index in [9.17, 15) is 0 Å². The van der Waals surface area contributed by atoms with Crippen LogP contribution >= 0.6 is 11.6 Å². The Labute approximate surface area is 116 Å². The van der Waals surface area contributed by atoms with Crippen LogP contribution in [0.25, 0.3) is 0 Å². The fourth-order valence-electron chi connectivity index (χ4n) is 1.68. The molecule has 96 valence electrons. The van der Waals surface area contributed by atoms with Crippen molar-refractivity contribution in [2.75, 3.05) is 5.73 Å². The number of allylic oxidation sites excluding steroid dienone is 1. The second-order valence-corrected chi connectivity index (χ2v) is 4.29. The minimum Gasteiger partial charge on any atom is -0.439 e. The topological polar surface area (TPSA) is 64.0 Å². The van der Waals surface area contributed by atoms with E-state index in [4.69, 9.17) is 27.3 Å². The van der Waals surface area contributed by atoms with Gasteiger partial charge >= 0.3 is 0 Å². The molecule has 0 fully saturated rings. The maximum Gasteiger partial charge on any atom is 0.224 e. The predicted octanol–water partition coefficient (Wildman–Crippen LogP) is 3.57. The zero-order valence-electron chi connectivity index (χ0n) is 10.1. The summed E-state index contributed by atoms with van der Waals surface area (Å²) in [6.45, 7) is 4.10. The van der Waals surface area contributed by atoms with E-state index < -0.39 is 0 Å². The normalized spacial score (nSPS) is 9.89. The third-order valence-electron chi connectivity index (χ3n) is 2.53. The average molecular weight is 274 g/mol. The van der Waals surface area contributed by atoms with Gasteiger partial charge in [0.25, 0.3) is 0 Å². The molecule has 0 unspecified atom stereocenters. The molecule has 0 aliphatic carbocycles. The number of anilines is 1. The Balaban J connectivity index is 2.39. The second-order valence-electron chi connectivity index (χ2n) is 3.86. The SMILES string of the molecule is C=CCn1c(C#N)cc(N)c1Oc1ccc(Cl)cc1. The monoisotopic (exact) mass is 273 g/mol. The number of nitrogens with two attached hydrogens (primary N) is 1. The highest BCUT2D eigenvalue weighted by molar-refractivity contribution is 6.30. The number of hydrogen-bond donors (Lipinski definition) is 1. The van der Waals surface area contributed by atoms with E-state index in [1.165, 1.54) is 0 Å². The summed E-state index contributed by atoms with van der Waals surface area (Å²) in [6, 6.07) is 10.6. The van der Waals surface area contributed by atoms with E-state index in [2.05, 4.69) is 12.6 Å². The van der Waals surface area contributed by atoms with Crippen LogP contribution in [0.1, 0.15) is 5.69 Å². The summed E-state index contributed by atoms with van der Waals surface area (Å²) in [5, 5.41) is 9.68. The van der Waals surface area contributed by atoms with Crippen molar-refractivity contribution in [1.82, 2.24) is 4.57 Å². The zero-order chi connectivity index (χ0) is 13.8. The van der Waals surface area contributed by atoms with Crippen molar-refractivity contribution in [3.05, 3.63) is 53.7 Å². The molecule has 0 aliphatic rings. The molecule has 2 aromatic rings. The molecule has 19 heavy (non-hydrogen) atoms. The van der Waals surface area contributed by atoms with E-state index >= 15 is 0 Å². The van der Waals surface area contributed by atoms with Gasteiger partial charge in [-0.15, -0.1) is 6.58 Å². The summed E-state index contributed by atoms with van der Waals surface area (Å²) in [5.74, 6) is 1.03. The van der Waals surface area contributed by atoms with Crippen molar-refractivity contribution in [3.63, 3.8) is 0 Å². The molecule has 1 aromatic heterocycles. The average Bonchev–Trinajstić information content (AvgIpc) is 2.70. The van der Waals surface area contributed by atoms with Crippen molar-refractivity contribution in [1.29, 1.82) is 5.26 Å². The number of aromatic nitrogens is 1. The van der Waals surface area contributed by atoms with Gasteiger partial charge in [0.1, 0.15) is 17.5 Å². The Bertz CT molecular complexity index is 638. The number of benzene rings is 1. The van der Waals surface area contributed by atoms with Gasteiger partial charge in [-0.25, -0.2) is 0 Å². The van der Waals surface area contributed by atoms with E-state index in [1.807, 2.05) is 0 Å². The summed E-state index contributed by atoms with van der Waals surface area (Å²) < 4.78 is 7.37. The lowest BCUT2D eigenvalue weighted by Gasteiger charge is -2.10. The third-order valence-corrected chi connectivity index (χ3v) is 2.78. The molecule has 0 amide bonds. The number of nitrogen functional groups attached to an aromatic ring is 1. The number of ether oxygens (including phenoxy) is 1. The fraction of sp³-hybridized carbons (Fsp3) is 0.0714. The predicted molar refractivity (Wildman–Crippen MR) is 75.3 cm³/mol. The molecule has 0 aliphatic heterocycles. The van der Waals surface area contributed by atoms with Gasteiger partial charge in [-0.3, -0.25) is 4.57 Å². The minimum absolute atomic E-state index is 0.411. The molecule has 0 atom stereocenters. The van der Waals surface area contributed by atoms with Crippen LogP contribution in [-0.4, -0.2) is 4.57 Å². The maximum absolute atomic E-state index is 9.05. The smallest absolute Gasteiger partial charge is 0.224 e. The van der Waals surface area contributed by atoms with Crippen molar-refractivity contribution in [2.24, 2.45) is 0 Å². The minimum atomic E-state index is 0.411. The van der Waals surface area contributed by atoms with Crippen LogP contribution < -0.4 is 10.5 Å². The first-order chi connectivity index (χ1) is 9.15. The molecule has 1 heterocycles. The zero-order valence-corrected chi connectivity index (χ0v) is 10.9. The molecule has 0 bridgehead atoms. The van der Waals surface area contributed by atoms with Gasteiger partial charge < -0.3 is 10.5 Å². The summed E-state index contributed by atoms with van der Waals surface area (Å²) in [7, 11) is 0. The lowest BCUT2D eigenvalue weighted by molar-refractivity contribution is 0.438. The Hall–Kier alpha value is -2.38. The number of nitrogens with zero attached hydrogens (tertiary/aromatic N) is 2. The van der Waals surface area contributed by atoms with Crippen molar-refractivity contribution in [2.45, 2.75) is 6.54 Å². The number of halogens is 1.